The number of aromatic nitrogens is 2. The summed E-state index contributed by atoms with van der Waals surface area (Å²) >= 11 is 0. The Morgan fingerprint density at radius 1 is 1.19 bits per heavy atom. The van der Waals surface area contributed by atoms with Crippen molar-refractivity contribution in [1.29, 1.82) is 0 Å². The van der Waals surface area contributed by atoms with Gasteiger partial charge >= 0.3 is 6.01 Å². The summed E-state index contributed by atoms with van der Waals surface area (Å²) in [6.45, 7) is 9.63. The van der Waals surface area contributed by atoms with Gasteiger partial charge in [0.05, 0.1) is 24.5 Å². The predicted molar refractivity (Wildman–Crippen MR) is 125 cm³/mol. The first-order valence-corrected chi connectivity index (χ1v) is 11.6. The molecule has 32 heavy (non-hydrogen) atoms. The lowest BCUT2D eigenvalue weighted by atomic mass is 9.99. The van der Waals surface area contributed by atoms with Crippen molar-refractivity contribution < 1.29 is 14.6 Å². The van der Waals surface area contributed by atoms with E-state index < -0.39 is 6.10 Å². The highest BCUT2D eigenvalue weighted by atomic mass is 16.5. The third-order valence-electron chi connectivity index (χ3n) is 6.04. The first-order chi connectivity index (χ1) is 15.4. The summed E-state index contributed by atoms with van der Waals surface area (Å²) in [5.74, 6) is 0.421. The Hall–Kier alpha value is -2.48. The molecule has 0 spiro atoms. The number of morpholine rings is 1. The summed E-state index contributed by atoms with van der Waals surface area (Å²) in [5, 5.41) is 11.1. The largest absolute Gasteiger partial charge is 0.463 e. The molecule has 2 aliphatic rings. The number of fused-ring (bicyclic) bond motifs is 1. The van der Waals surface area contributed by atoms with E-state index in [1.54, 1.807) is 0 Å². The number of ether oxygens (including phenoxy) is 2. The van der Waals surface area contributed by atoms with Gasteiger partial charge in [-0.3, -0.25) is 4.90 Å². The Morgan fingerprint density at radius 3 is 2.59 bits per heavy atom. The van der Waals surface area contributed by atoms with Gasteiger partial charge in [0.25, 0.3) is 0 Å². The first-order valence-electron chi connectivity index (χ1n) is 11.6. The molecular weight excluding hydrogens is 404 g/mol. The normalized spacial score (nSPS) is 21.8. The quantitative estimate of drug-likeness (QED) is 0.609. The van der Waals surface area contributed by atoms with Crippen molar-refractivity contribution in [3.8, 4) is 6.01 Å². The number of hydrogen-bond acceptors (Lipinski definition) is 7. The number of benzene rings is 1. The van der Waals surface area contributed by atoms with Crippen molar-refractivity contribution in [3.05, 3.63) is 52.7 Å². The molecule has 7 nitrogen and oxygen atoms in total. The van der Waals surface area contributed by atoms with Crippen LogP contribution in [0, 0.1) is 0 Å². The van der Waals surface area contributed by atoms with Crippen LogP contribution in [0.15, 0.2) is 30.3 Å². The molecule has 0 amide bonds. The van der Waals surface area contributed by atoms with Gasteiger partial charge < -0.3 is 20.3 Å². The second-order valence-electron chi connectivity index (χ2n) is 8.88. The Morgan fingerprint density at radius 2 is 1.91 bits per heavy atom. The molecular formula is C25H34N4O3. The molecule has 2 heterocycles. The van der Waals surface area contributed by atoms with Crippen LogP contribution in [0.4, 0.5) is 5.82 Å². The second kappa shape index (κ2) is 9.98. The third-order valence-corrected chi connectivity index (χ3v) is 6.04. The maximum Gasteiger partial charge on any atom is 0.318 e. The number of allylic oxidation sites excluding steroid dienone is 1. The maximum atomic E-state index is 11.1. The molecule has 1 aliphatic carbocycles. The molecule has 1 saturated heterocycles. The Labute approximate surface area is 190 Å². The Balaban J connectivity index is 1.46. The van der Waals surface area contributed by atoms with Gasteiger partial charge in [0.15, 0.2) is 0 Å². The van der Waals surface area contributed by atoms with E-state index in [-0.39, 0.29) is 18.2 Å². The zero-order valence-electron chi connectivity index (χ0n) is 19.3. The lowest BCUT2D eigenvalue weighted by Crippen LogP contribution is -2.44. The molecule has 2 aromatic rings. The van der Waals surface area contributed by atoms with Crippen LogP contribution < -0.4 is 10.5 Å². The second-order valence-corrected chi connectivity index (χ2v) is 8.88. The fourth-order valence-corrected chi connectivity index (χ4v) is 4.50. The zero-order valence-corrected chi connectivity index (χ0v) is 19.3. The molecule has 1 aliphatic heterocycles. The van der Waals surface area contributed by atoms with E-state index in [0.717, 1.165) is 49.2 Å². The van der Waals surface area contributed by atoms with E-state index in [1.807, 2.05) is 18.2 Å². The van der Waals surface area contributed by atoms with Crippen LogP contribution in [-0.4, -0.2) is 51.9 Å². The monoisotopic (exact) mass is 438 g/mol. The van der Waals surface area contributed by atoms with Crippen LogP contribution >= 0.6 is 0 Å². The minimum absolute atomic E-state index is 0.250. The highest BCUT2D eigenvalue weighted by molar-refractivity contribution is 5.77. The highest BCUT2D eigenvalue weighted by Crippen LogP contribution is 2.38. The standard InChI is InChI=1S/C25H34N4O3/c1-4-5-12-31-25-27-22-20(10-11-21(22)24(26)28-25)23(30)19-8-6-18(7-9-19)15-29-13-16(2)32-17(3)14-29/h6-10,16-17,23,30H,4-5,11-15H2,1-3H3,(H2,26,27,28). The summed E-state index contributed by atoms with van der Waals surface area (Å²) in [4.78, 5) is 11.3. The van der Waals surface area contributed by atoms with E-state index in [9.17, 15) is 5.11 Å². The van der Waals surface area contributed by atoms with Crippen molar-refractivity contribution in [2.75, 3.05) is 25.4 Å². The number of nitrogen functional groups attached to an aromatic ring is 1. The molecule has 1 aromatic carbocycles. The van der Waals surface area contributed by atoms with Gasteiger partial charge in [-0.1, -0.05) is 43.7 Å². The van der Waals surface area contributed by atoms with Crippen LogP contribution in [0.1, 0.15) is 62.1 Å². The number of nitrogens with zero attached hydrogens (tertiary/aromatic N) is 3. The molecule has 172 valence electrons. The smallest absolute Gasteiger partial charge is 0.318 e. The average molecular weight is 439 g/mol. The molecule has 0 bridgehead atoms. The molecule has 0 saturated carbocycles. The maximum absolute atomic E-state index is 11.1. The molecule has 3 unspecified atom stereocenters. The Bertz CT molecular complexity index is 950. The van der Waals surface area contributed by atoms with Crippen molar-refractivity contribution in [1.82, 2.24) is 14.9 Å². The molecule has 7 heteroatoms. The molecule has 3 atom stereocenters. The van der Waals surface area contributed by atoms with Crippen LogP contribution in [0.2, 0.25) is 0 Å². The van der Waals surface area contributed by atoms with Crippen molar-refractivity contribution in [2.45, 2.75) is 64.9 Å². The minimum Gasteiger partial charge on any atom is -0.463 e. The number of aliphatic hydroxyl groups excluding tert-OH is 1. The SMILES string of the molecule is CCCCOc1nc(N)c2c(n1)C(C(O)c1ccc(CN3CC(C)OC(C)C3)cc1)=CC2. The van der Waals surface area contributed by atoms with Crippen LogP contribution in [0.3, 0.4) is 0 Å². The van der Waals surface area contributed by atoms with Crippen LogP contribution in [0.5, 0.6) is 6.01 Å². The molecule has 1 fully saturated rings. The topological polar surface area (TPSA) is 93.7 Å². The van der Waals surface area contributed by atoms with Gasteiger partial charge in [-0.15, -0.1) is 0 Å². The average Bonchev–Trinajstić information content (AvgIpc) is 3.18. The van der Waals surface area contributed by atoms with E-state index in [0.29, 0.717) is 24.5 Å². The third kappa shape index (κ3) is 5.11. The first kappa shape index (κ1) is 22.7. The van der Waals surface area contributed by atoms with Gasteiger partial charge in [0.1, 0.15) is 11.9 Å². The number of anilines is 1. The van der Waals surface area contributed by atoms with Gasteiger partial charge in [-0.05, 0) is 37.8 Å². The molecule has 3 N–H and O–H groups in total. The fraction of sp³-hybridized carbons (Fsp3) is 0.520. The van der Waals surface area contributed by atoms with E-state index in [4.69, 9.17) is 15.2 Å². The number of rotatable bonds is 8. The summed E-state index contributed by atoms with van der Waals surface area (Å²) in [5.41, 5.74) is 10.5. The van der Waals surface area contributed by atoms with Crippen LogP contribution in [-0.2, 0) is 17.7 Å². The van der Waals surface area contributed by atoms with Crippen molar-refractivity contribution in [2.24, 2.45) is 0 Å². The predicted octanol–water partition coefficient (Wildman–Crippen LogP) is 3.52. The summed E-state index contributed by atoms with van der Waals surface area (Å²) in [6, 6.07) is 8.45. The van der Waals surface area contributed by atoms with Crippen molar-refractivity contribution >= 4 is 11.4 Å². The van der Waals surface area contributed by atoms with Gasteiger partial charge in [-0.25, -0.2) is 0 Å². The number of aliphatic hydroxyl groups is 1. The van der Waals surface area contributed by atoms with Gasteiger partial charge in [0, 0.05) is 30.8 Å². The van der Waals surface area contributed by atoms with Gasteiger partial charge in [-0.2, -0.15) is 9.97 Å². The zero-order chi connectivity index (χ0) is 22.7. The highest BCUT2D eigenvalue weighted by Gasteiger charge is 2.27. The summed E-state index contributed by atoms with van der Waals surface area (Å²) < 4.78 is 11.5. The lowest BCUT2D eigenvalue weighted by molar-refractivity contribution is -0.0704. The molecule has 0 radical (unpaired) electrons. The lowest BCUT2D eigenvalue weighted by Gasteiger charge is -2.35. The Kier molecular flexibility index (Phi) is 7.08. The van der Waals surface area contributed by atoms with Gasteiger partial charge in [0.2, 0.25) is 0 Å². The summed E-state index contributed by atoms with van der Waals surface area (Å²) in [7, 11) is 0. The van der Waals surface area contributed by atoms with E-state index >= 15 is 0 Å². The fourth-order valence-electron chi connectivity index (χ4n) is 4.50. The van der Waals surface area contributed by atoms with E-state index in [1.165, 1.54) is 5.56 Å². The molecule has 4 rings (SSSR count). The molecule has 1 aromatic heterocycles. The van der Waals surface area contributed by atoms with E-state index in [2.05, 4.69) is 47.8 Å². The van der Waals surface area contributed by atoms with Crippen molar-refractivity contribution in [3.63, 3.8) is 0 Å². The number of hydrogen-bond donors (Lipinski definition) is 2. The van der Waals surface area contributed by atoms with Crippen LogP contribution in [0.25, 0.3) is 5.57 Å². The minimum atomic E-state index is -0.772. The summed E-state index contributed by atoms with van der Waals surface area (Å²) in [6.07, 6.45) is 4.30. The number of unbranched alkanes of at least 4 members (excludes halogenated alkanes) is 1. The number of nitrogens with two attached hydrogens (primary N) is 1.